The molecule has 1 aromatic carbocycles. The molecule has 4 nitrogen and oxygen atoms in total. The van der Waals surface area contributed by atoms with Crippen molar-refractivity contribution >= 4 is 5.91 Å². The zero-order valence-corrected chi connectivity index (χ0v) is 11.8. The van der Waals surface area contributed by atoms with Gasteiger partial charge in [0.1, 0.15) is 6.04 Å². The molecule has 1 heterocycles. The second-order valence-corrected chi connectivity index (χ2v) is 5.15. The van der Waals surface area contributed by atoms with Crippen molar-refractivity contribution in [1.82, 2.24) is 10.6 Å². The molecule has 2 N–H and O–H groups in total. The highest BCUT2D eigenvalue weighted by Gasteiger charge is 2.28. The lowest BCUT2D eigenvalue weighted by Gasteiger charge is -2.30. The maximum Gasteiger partial charge on any atom is 0.240 e. The number of hydrogen-bond acceptors (Lipinski definition) is 3. The van der Waals surface area contributed by atoms with Gasteiger partial charge in [0.25, 0.3) is 0 Å². The number of ether oxygens (including phenoxy) is 1. The Morgan fingerprint density at radius 2 is 2.11 bits per heavy atom. The minimum atomic E-state index is -0.262. The molecule has 1 aliphatic rings. The summed E-state index contributed by atoms with van der Waals surface area (Å²) in [6.45, 7) is 7.36. The number of carbonyl (C=O) groups is 1. The molecule has 1 unspecified atom stereocenters. The number of rotatable bonds is 3. The van der Waals surface area contributed by atoms with E-state index in [0.717, 1.165) is 12.1 Å². The molecule has 1 aliphatic heterocycles. The first-order valence-electron chi connectivity index (χ1n) is 6.80. The van der Waals surface area contributed by atoms with Gasteiger partial charge in [-0.05, 0) is 26.3 Å². The van der Waals surface area contributed by atoms with Crippen LogP contribution in [0, 0.1) is 6.92 Å². The zero-order chi connectivity index (χ0) is 13.8. The van der Waals surface area contributed by atoms with Crippen LogP contribution < -0.4 is 10.6 Å². The molecule has 0 radical (unpaired) electrons. The van der Waals surface area contributed by atoms with Gasteiger partial charge >= 0.3 is 0 Å². The molecular weight excluding hydrogens is 240 g/mol. The van der Waals surface area contributed by atoms with Gasteiger partial charge < -0.3 is 15.4 Å². The van der Waals surface area contributed by atoms with Crippen LogP contribution in [0.3, 0.4) is 0 Å². The molecule has 3 atom stereocenters. The van der Waals surface area contributed by atoms with Crippen molar-refractivity contribution in [1.29, 1.82) is 0 Å². The average Bonchev–Trinajstić information content (AvgIpc) is 2.39. The van der Waals surface area contributed by atoms with E-state index in [0.29, 0.717) is 6.61 Å². The lowest BCUT2D eigenvalue weighted by atomic mass is 10.1. The van der Waals surface area contributed by atoms with Crippen LogP contribution in [0.1, 0.15) is 31.0 Å². The normalized spacial score (nSPS) is 24.8. The van der Waals surface area contributed by atoms with Crippen LogP contribution in [-0.4, -0.2) is 31.2 Å². The van der Waals surface area contributed by atoms with Gasteiger partial charge in [0.05, 0.1) is 18.8 Å². The number of benzene rings is 1. The molecule has 0 aliphatic carbocycles. The Labute approximate surface area is 114 Å². The second-order valence-electron chi connectivity index (χ2n) is 5.15. The largest absolute Gasteiger partial charge is 0.375 e. The number of hydrogen-bond donors (Lipinski definition) is 2. The minimum absolute atomic E-state index is 0.000255. The van der Waals surface area contributed by atoms with Crippen LogP contribution in [0.2, 0.25) is 0 Å². The lowest BCUT2D eigenvalue weighted by molar-refractivity contribution is -0.129. The Kier molecular flexibility index (Phi) is 4.56. The highest BCUT2D eigenvalue weighted by atomic mass is 16.5. The summed E-state index contributed by atoms with van der Waals surface area (Å²) in [6, 6.07) is 7.96. The molecule has 2 rings (SSSR count). The van der Waals surface area contributed by atoms with Crippen LogP contribution in [0.25, 0.3) is 0 Å². The number of amides is 1. The number of nitrogens with one attached hydrogen (secondary N) is 2. The van der Waals surface area contributed by atoms with E-state index in [1.165, 1.54) is 5.56 Å². The summed E-state index contributed by atoms with van der Waals surface area (Å²) in [5.41, 5.74) is 2.33. The van der Waals surface area contributed by atoms with Gasteiger partial charge in [0.15, 0.2) is 0 Å². The van der Waals surface area contributed by atoms with E-state index in [-0.39, 0.29) is 24.1 Å². The van der Waals surface area contributed by atoms with E-state index in [4.69, 9.17) is 4.74 Å². The lowest BCUT2D eigenvalue weighted by Crippen LogP contribution is -2.55. The molecule has 1 amide bonds. The fourth-order valence-corrected chi connectivity index (χ4v) is 2.27. The Morgan fingerprint density at radius 3 is 2.74 bits per heavy atom. The van der Waals surface area contributed by atoms with Gasteiger partial charge in [-0.3, -0.25) is 4.79 Å². The van der Waals surface area contributed by atoms with E-state index in [9.17, 15) is 4.79 Å². The molecule has 104 valence electrons. The maximum absolute atomic E-state index is 12.2. The van der Waals surface area contributed by atoms with E-state index >= 15 is 0 Å². The van der Waals surface area contributed by atoms with Gasteiger partial charge in [0, 0.05) is 6.54 Å². The third kappa shape index (κ3) is 3.55. The Morgan fingerprint density at radius 1 is 1.42 bits per heavy atom. The molecule has 4 heteroatoms. The molecule has 0 aromatic heterocycles. The summed E-state index contributed by atoms with van der Waals surface area (Å²) in [7, 11) is 0. The molecule has 0 bridgehead atoms. The molecule has 1 aromatic rings. The fraction of sp³-hybridized carbons (Fsp3) is 0.533. The first-order valence-corrected chi connectivity index (χ1v) is 6.80. The van der Waals surface area contributed by atoms with Gasteiger partial charge in [-0.1, -0.05) is 29.8 Å². The predicted octanol–water partition coefficient (Wildman–Crippen LogP) is 1.55. The minimum Gasteiger partial charge on any atom is -0.375 e. The highest BCUT2D eigenvalue weighted by molar-refractivity contribution is 5.82. The number of carbonyl (C=O) groups excluding carboxylic acids is 1. The first kappa shape index (κ1) is 14.0. The van der Waals surface area contributed by atoms with Crippen molar-refractivity contribution in [2.45, 2.75) is 39.0 Å². The summed E-state index contributed by atoms with van der Waals surface area (Å²) in [5.74, 6) is 0.000255. The predicted molar refractivity (Wildman–Crippen MR) is 74.9 cm³/mol. The Bertz CT molecular complexity index is 430. The fourth-order valence-electron chi connectivity index (χ4n) is 2.27. The van der Waals surface area contributed by atoms with Crippen LogP contribution in [0.15, 0.2) is 24.3 Å². The summed E-state index contributed by atoms with van der Waals surface area (Å²) in [4.78, 5) is 12.2. The van der Waals surface area contributed by atoms with Crippen LogP contribution in [0.5, 0.6) is 0 Å². The topological polar surface area (TPSA) is 50.4 Å². The second kappa shape index (κ2) is 6.17. The Balaban J connectivity index is 1.96. The summed E-state index contributed by atoms with van der Waals surface area (Å²) >= 11 is 0. The highest BCUT2D eigenvalue weighted by Crippen LogP contribution is 2.14. The first-order chi connectivity index (χ1) is 9.08. The molecule has 1 fully saturated rings. The summed E-state index contributed by atoms with van der Waals surface area (Å²) in [6.07, 6.45) is -0.0843. The van der Waals surface area contributed by atoms with Crippen LogP contribution in [-0.2, 0) is 9.53 Å². The van der Waals surface area contributed by atoms with Crippen LogP contribution in [0.4, 0.5) is 0 Å². The van der Waals surface area contributed by atoms with E-state index in [1.807, 2.05) is 13.8 Å². The van der Waals surface area contributed by atoms with Crippen molar-refractivity contribution in [2.75, 3.05) is 13.2 Å². The number of aryl methyl sites for hydroxylation is 1. The average molecular weight is 262 g/mol. The molecule has 19 heavy (non-hydrogen) atoms. The molecular formula is C15H22N2O2. The zero-order valence-electron chi connectivity index (χ0n) is 11.8. The standard InChI is InChI=1S/C15H22N2O2/c1-10-4-6-13(7-5-10)11(2)17-15(18)14-12(3)19-9-8-16-14/h4-7,11-12,14,16H,8-9H2,1-3H3,(H,17,18)/t11?,12-,14+/m1/s1. The van der Waals surface area contributed by atoms with Crippen molar-refractivity contribution in [2.24, 2.45) is 0 Å². The third-order valence-electron chi connectivity index (χ3n) is 3.54. The molecule has 0 saturated carbocycles. The smallest absolute Gasteiger partial charge is 0.240 e. The van der Waals surface area contributed by atoms with Gasteiger partial charge in [0.2, 0.25) is 5.91 Å². The SMILES string of the molecule is Cc1ccc(C(C)NC(=O)[C@H]2NCCO[C@@H]2C)cc1. The van der Waals surface area contributed by atoms with E-state index in [2.05, 4.69) is 41.8 Å². The van der Waals surface area contributed by atoms with Gasteiger partial charge in [-0.25, -0.2) is 0 Å². The molecule has 1 saturated heterocycles. The van der Waals surface area contributed by atoms with Crippen molar-refractivity contribution in [3.8, 4) is 0 Å². The van der Waals surface area contributed by atoms with Gasteiger partial charge in [-0.2, -0.15) is 0 Å². The summed E-state index contributed by atoms with van der Waals surface area (Å²) in [5, 5.41) is 6.23. The quantitative estimate of drug-likeness (QED) is 0.869. The van der Waals surface area contributed by atoms with E-state index < -0.39 is 0 Å². The van der Waals surface area contributed by atoms with Gasteiger partial charge in [-0.15, -0.1) is 0 Å². The monoisotopic (exact) mass is 262 g/mol. The number of morpholine rings is 1. The van der Waals surface area contributed by atoms with E-state index in [1.54, 1.807) is 0 Å². The van der Waals surface area contributed by atoms with Crippen LogP contribution >= 0.6 is 0 Å². The maximum atomic E-state index is 12.2. The van der Waals surface area contributed by atoms with Crippen molar-refractivity contribution in [3.05, 3.63) is 35.4 Å². The van der Waals surface area contributed by atoms with Crippen molar-refractivity contribution < 1.29 is 9.53 Å². The van der Waals surface area contributed by atoms with Crippen molar-refractivity contribution in [3.63, 3.8) is 0 Å². The Hall–Kier alpha value is -1.39. The summed E-state index contributed by atoms with van der Waals surface area (Å²) < 4.78 is 5.49. The molecule has 0 spiro atoms. The third-order valence-corrected chi connectivity index (χ3v) is 3.54.